The van der Waals surface area contributed by atoms with E-state index in [4.69, 9.17) is 4.74 Å². The number of rotatable bonds is 4. The molecular weight excluding hydrogens is 354 g/mol. The lowest BCUT2D eigenvalue weighted by atomic mass is 9.99. The molecule has 142 valence electrons. The van der Waals surface area contributed by atoms with Crippen LogP contribution in [0, 0.1) is 6.92 Å². The smallest absolute Gasteiger partial charge is 0.152 e. The van der Waals surface area contributed by atoms with E-state index in [1.54, 1.807) is 0 Å². The molecule has 3 aromatic carbocycles. The van der Waals surface area contributed by atoms with Gasteiger partial charge in [-0.25, -0.2) is 0 Å². The normalized spacial score (nSPS) is 11.2. The van der Waals surface area contributed by atoms with Crippen molar-refractivity contribution in [2.24, 2.45) is 0 Å². The molecule has 0 atom stereocenters. The van der Waals surface area contributed by atoms with Crippen molar-refractivity contribution in [3.63, 3.8) is 0 Å². The SMILES string of the molecule is CCOc1c(-c2cccc3ccccc23)cn2cc(C)c(-c3ccccc3)cc12. The van der Waals surface area contributed by atoms with E-state index in [1.807, 2.05) is 6.92 Å². The molecule has 0 unspecified atom stereocenters. The van der Waals surface area contributed by atoms with Crippen LogP contribution in [0.15, 0.2) is 91.3 Å². The zero-order chi connectivity index (χ0) is 19.8. The molecule has 0 aliphatic rings. The lowest BCUT2D eigenvalue weighted by Crippen LogP contribution is -1.94. The van der Waals surface area contributed by atoms with Gasteiger partial charge in [0.2, 0.25) is 0 Å². The van der Waals surface area contributed by atoms with Crippen LogP contribution >= 0.6 is 0 Å². The van der Waals surface area contributed by atoms with Gasteiger partial charge in [-0.3, -0.25) is 0 Å². The van der Waals surface area contributed by atoms with E-state index in [1.165, 1.54) is 33.0 Å². The molecule has 5 rings (SSSR count). The first kappa shape index (κ1) is 17.6. The second kappa shape index (κ2) is 7.14. The molecule has 0 aliphatic heterocycles. The molecule has 0 radical (unpaired) electrons. The summed E-state index contributed by atoms with van der Waals surface area (Å²) in [6.45, 7) is 4.84. The molecule has 29 heavy (non-hydrogen) atoms. The minimum atomic E-state index is 0.631. The molecule has 2 heteroatoms. The van der Waals surface area contributed by atoms with Crippen molar-refractivity contribution in [3.8, 4) is 28.0 Å². The summed E-state index contributed by atoms with van der Waals surface area (Å²) in [7, 11) is 0. The van der Waals surface area contributed by atoms with Crippen molar-refractivity contribution in [1.82, 2.24) is 4.40 Å². The zero-order valence-corrected chi connectivity index (χ0v) is 16.7. The molecule has 0 saturated carbocycles. The molecule has 5 aromatic rings. The Morgan fingerprint density at radius 2 is 1.52 bits per heavy atom. The van der Waals surface area contributed by atoms with Crippen LogP contribution < -0.4 is 4.74 Å². The third-order valence-electron chi connectivity index (χ3n) is 5.52. The number of aromatic nitrogens is 1. The van der Waals surface area contributed by atoms with Crippen LogP contribution in [0.2, 0.25) is 0 Å². The Kier molecular flexibility index (Phi) is 4.33. The van der Waals surface area contributed by atoms with Crippen molar-refractivity contribution in [2.75, 3.05) is 6.61 Å². The van der Waals surface area contributed by atoms with E-state index in [-0.39, 0.29) is 0 Å². The fourth-order valence-electron chi connectivity index (χ4n) is 4.17. The van der Waals surface area contributed by atoms with Gasteiger partial charge in [0.25, 0.3) is 0 Å². The maximum atomic E-state index is 6.20. The van der Waals surface area contributed by atoms with E-state index in [0.717, 1.165) is 16.8 Å². The van der Waals surface area contributed by atoms with Crippen molar-refractivity contribution < 1.29 is 4.74 Å². The summed E-state index contributed by atoms with van der Waals surface area (Å²) in [5, 5.41) is 2.48. The summed E-state index contributed by atoms with van der Waals surface area (Å²) in [5.41, 5.74) is 7.14. The van der Waals surface area contributed by atoms with Gasteiger partial charge in [-0.05, 0) is 52.9 Å². The summed E-state index contributed by atoms with van der Waals surface area (Å²) in [4.78, 5) is 0. The van der Waals surface area contributed by atoms with Crippen LogP contribution in [0.3, 0.4) is 0 Å². The Balaban J connectivity index is 1.79. The molecule has 2 heterocycles. The van der Waals surface area contributed by atoms with Crippen molar-refractivity contribution in [3.05, 3.63) is 96.8 Å². The predicted molar refractivity (Wildman–Crippen MR) is 122 cm³/mol. The number of hydrogen-bond acceptors (Lipinski definition) is 1. The van der Waals surface area contributed by atoms with Crippen molar-refractivity contribution >= 4 is 16.3 Å². The number of ether oxygens (including phenoxy) is 1. The number of fused-ring (bicyclic) bond motifs is 2. The average molecular weight is 377 g/mol. The van der Waals surface area contributed by atoms with Crippen molar-refractivity contribution in [2.45, 2.75) is 13.8 Å². The summed E-state index contributed by atoms with van der Waals surface area (Å²) < 4.78 is 8.40. The van der Waals surface area contributed by atoms with Crippen LogP contribution in [-0.2, 0) is 0 Å². The number of aryl methyl sites for hydroxylation is 1. The molecule has 0 fully saturated rings. The number of benzene rings is 3. The van der Waals surface area contributed by atoms with Gasteiger partial charge in [0.1, 0.15) is 0 Å². The highest BCUT2D eigenvalue weighted by Gasteiger charge is 2.17. The number of hydrogen-bond donors (Lipinski definition) is 0. The Hall–Kier alpha value is -3.52. The highest BCUT2D eigenvalue weighted by Crippen LogP contribution is 2.40. The molecular formula is C27H23NO. The van der Waals surface area contributed by atoms with Gasteiger partial charge in [-0.2, -0.15) is 0 Å². The Bertz CT molecular complexity index is 1310. The highest BCUT2D eigenvalue weighted by atomic mass is 16.5. The van der Waals surface area contributed by atoms with Gasteiger partial charge < -0.3 is 9.14 Å². The quantitative estimate of drug-likeness (QED) is 0.325. The summed E-state index contributed by atoms with van der Waals surface area (Å²) in [6, 6.07) is 27.8. The lowest BCUT2D eigenvalue weighted by Gasteiger charge is -2.10. The van der Waals surface area contributed by atoms with Crippen LogP contribution in [0.5, 0.6) is 5.75 Å². The number of nitrogens with zero attached hydrogens (tertiary/aromatic N) is 1. The third kappa shape index (κ3) is 2.98. The molecule has 0 bridgehead atoms. The van der Waals surface area contributed by atoms with E-state index in [0.29, 0.717) is 6.61 Å². The van der Waals surface area contributed by atoms with Gasteiger partial charge in [-0.1, -0.05) is 72.8 Å². The summed E-state index contributed by atoms with van der Waals surface area (Å²) in [6.07, 6.45) is 4.40. The average Bonchev–Trinajstić information content (AvgIpc) is 3.10. The monoisotopic (exact) mass is 377 g/mol. The van der Waals surface area contributed by atoms with Crippen LogP contribution in [0.1, 0.15) is 12.5 Å². The maximum Gasteiger partial charge on any atom is 0.152 e. The maximum absolute atomic E-state index is 6.20. The highest BCUT2D eigenvalue weighted by molar-refractivity contribution is 6.00. The van der Waals surface area contributed by atoms with E-state index >= 15 is 0 Å². The summed E-state index contributed by atoms with van der Waals surface area (Å²) in [5.74, 6) is 0.945. The van der Waals surface area contributed by atoms with E-state index in [9.17, 15) is 0 Å². The minimum absolute atomic E-state index is 0.631. The largest absolute Gasteiger partial charge is 0.491 e. The molecule has 0 spiro atoms. The number of pyridine rings is 1. The summed E-state index contributed by atoms with van der Waals surface area (Å²) >= 11 is 0. The first-order valence-electron chi connectivity index (χ1n) is 10.1. The molecule has 0 saturated heterocycles. The van der Waals surface area contributed by atoms with Crippen LogP contribution in [0.25, 0.3) is 38.5 Å². The lowest BCUT2D eigenvalue weighted by molar-refractivity contribution is 0.346. The minimum Gasteiger partial charge on any atom is -0.491 e. The van der Waals surface area contributed by atoms with Gasteiger partial charge in [0, 0.05) is 18.0 Å². The molecule has 0 N–H and O–H groups in total. The first-order chi connectivity index (χ1) is 14.3. The first-order valence-corrected chi connectivity index (χ1v) is 10.1. The molecule has 0 amide bonds. The van der Waals surface area contributed by atoms with Gasteiger partial charge in [0.15, 0.2) is 5.75 Å². The second-order valence-electron chi connectivity index (χ2n) is 7.36. The van der Waals surface area contributed by atoms with Crippen molar-refractivity contribution in [1.29, 1.82) is 0 Å². The van der Waals surface area contributed by atoms with E-state index < -0.39 is 0 Å². The zero-order valence-electron chi connectivity index (χ0n) is 16.7. The van der Waals surface area contributed by atoms with Crippen LogP contribution in [-0.4, -0.2) is 11.0 Å². The topological polar surface area (TPSA) is 13.6 Å². The van der Waals surface area contributed by atoms with Gasteiger partial charge in [0.05, 0.1) is 12.1 Å². The Morgan fingerprint density at radius 3 is 2.34 bits per heavy atom. The van der Waals surface area contributed by atoms with Gasteiger partial charge in [-0.15, -0.1) is 0 Å². The fourth-order valence-corrected chi connectivity index (χ4v) is 4.17. The molecule has 2 aromatic heterocycles. The van der Waals surface area contributed by atoms with E-state index in [2.05, 4.69) is 103 Å². The Morgan fingerprint density at radius 1 is 0.759 bits per heavy atom. The molecule has 0 aliphatic carbocycles. The predicted octanol–water partition coefficient (Wildman–Crippen LogP) is 7.13. The second-order valence-corrected chi connectivity index (χ2v) is 7.36. The van der Waals surface area contributed by atoms with Crippen LogP contribution in [0.4, 0.5) is 0 Å². The Labute approximate surface area is 171 Å². The standard InChI is InChI=1S/C27H23NO/c1-3-29-27-25(23-15-9-13-20-12-7-8-14-22(20)23)18-28-17-19(2)24(16-26(27)28)21-10-5-4-6-11-21/h4-18H,3H2,1-2H3. The molecule has 2 nitrogen and oxygen atoms in total. The fraction of sp³-hybridized carbons (Fsp3) is 0.111. The third-order valence-corrected chi connectivity index (χ3v) is 5.52. The van der Waals surface area contributed by atoms with Gasteiger partial charge >= 0.3 is 0 Å².